The van der Waals surface area contributed by atoms with Gasteiger partial charge in [-0.2, -0.15) is 0 Å². The molecule has 0 amide bonds. The average molecular weight is 255 g/mol. The molecule has 2 heterocycles. The fourth-order valence-corrected chi connectivity index (χ4v) is 3.87. The molecular weight excluding hydrogens is 230 g/mol. The van der Waals surface area contributed by atoms with Gasteiger partial charge in [0, 0.05) is 19.6 Å². The van der Waals surface area contributed by atoms with E-state index < -0.39 is 12.2 Å². The predicted octanol–water partition coefficient (Wildman–Crippen LogP) is 0.906. The van der Waals surface area contributed by atoms with Crippen LogP contribution < -0.4 is 0 Å². The lowest BCUT2D eigenvalue weighted by atomic mass is 9.83. The van der Waals surface area contributed by atoms with E-state index in [1.807, 2.05) is 0 Å². The first-order valence-electron chi connectivity index (χ1n) is 7.43. The molecule has 3 atom stereocenters. The Bertz CT molecular complexity index is 281. The largest absolute Gasteiger partial charge is 0.389 e. The average Bonchev–Trinajstić information content (AvgIpc) is 2.86. The van der Waals surface area contributed by atoms with Gasteiger partial charge in [-0.15, -0.1) is 0 Å². The van der Waals surface area contributed by atoms with Crippen molar-refractivity contribution in [2.45, 2.75) is 68.9 Å². The Kier molecular flexibility index (Phi) is 3.63. The number of hydrogen-bond acceptors (Lipinski definition) is 4. The molecule has 3 aliphatic rings. The number of nitrogens with zero attached hydrogens (tertiary/aromatic N) is 1. The second kappa shape index (κ2) is 5.08. The molecule has 2 saturated heterocycles. The zero-order valence-corrected chi connectivity index (χ0v) is 11.1. The SMILES string of the molecule is OC1CN(CC2CCC3(CCCCC3)O2)CC1O. The summed E-state index contributed by atoms with van der Waals surface area (Å²) in [6.07, 6.45) is 7.95. The summed E-state index contributed by atoms with van der Waals surface area (Å²) >= 11 is 0. The number of β-amino-alcohol motifs (C(OH)–C–C–N with tert-alkyl or cyclic N) is 2. The van der Waals surface area contributed by atoms with Crippen molar-refractivity contribution in [1.82, 2.24) is 4.90 Å². The van der Waals surface area contributed by atoms with Crippen LogP contribution in [0, 0.1) is 0 Å². The van der Waals surface area contributed by atoms with Gasteiger partial charge in [0.15, 0.2) is 0 Å². The smallest absolute Gasteiger partial charge is 0.0938 e. The molecule has 0 radical (unpaired) electrons. The van der Waals surface area contributed by atoms with Crippen molar-refractivity contribution in [3.05, 3.63) is 0 Å². The van der Waals surface area contributed by atoms with Crippen molar-refractivity contribution >= 4 is 0 Å². The van der Waals surface area contributed by atoms with Crippen LogP contribution in [-0.2, 0) is 4.74 Å². The first kappa shape index (κ1) is 12.9. The number of aliphatic hydroxyl groups excluding tert-OH is 2. The Morgan fingerprint density at radius 1 is 1.00 bits per heavy atom. The van der Waals surface area contributed by atoms with Crippen molar-refractivity contribution in [1.29, 1.82) is 0 Å². The van der Waals surface area contributed by atoms with Crippen molar-refractivity contribution in [2.24, 2.45) is 0 Å². The first-order chi connectivity index (χ1) is 8.67. The maximum Gasteiger partial charge on any atom is 0.0938 e. The highest BCUT2D eigenvalue weighted by atomic mass is 16.5. The maximum atomic E-state index is 9.55. The lowest BCUT2D eigenvalue weighted by Crippen LogP contribution is -2.36. The molecule has 2 N–H and O–H groups in total. The molecule has 2 aliphatic heterocycles. The Hall–Kier alpha value is -0.160. The summed E-state index contributed by atoms with van der Waals surface area (Å²) in [4.78, 5) is 2.14. The fourth-order valence-electron chi connectivity index (χ4n) is 3.87. The Morgan fingerprint density at radius 3 is 2.33 bits per heavy atom. The minimum Gasteiger partial charge on any atom is -0.389 e. The van der Waals surface area contributed by atoms with Crippen LogP contribution in [0.25, 0.3) is 0 Å². The summed E-state index contributed by atoms with van der Waals surface area (Å²) in [7, 11) is 0. The van der Waals surface area contributed by atoms with Gasteiger partial charge in [0.25, 0.3) is 0 Å². The van der Waals surface area contributed by atoms with Gasteiger partial charge in [-0.3, -0.25) is 4.90 Å². The molecule has 4 heteroatoms. The van der Waals surface area contributed by atoms with Crippen molar-refractivity contribution in [2.75, 3.05) is 19.6 Å². The standard InChI is InChI=1S/C14H25NO3/c16-12-9-15(10-13(12)17)8-11-4-7-14(18-11)5-2-1-3-6-14/h11-13,16-17H,1-10H2. The Labute approximate surface area is 109 Å². The Morgan fingerprint density at radius 2 is 1.67 bits per heavy atom. The molecule has 1 saturated carbocycles. The van der Waals surface area contributed by atoms with Crippen LogP contribution in [0.2, 0.25) is 0 Å². The molecular formula is C14H25NO3. The van der Waals surface area contributed by atoms with E-state index in [1.54, 1.807) is 0 Å². The molecule has 18 heavy (non-hydrogen) atoms. The van der Waals surface area contributed by atoms with Crippen molar-refractivity contribution in [3.8, 4) is 0 Å². The van der Waals surface area contributed by atoms with E-state index in [1.165, 1.54) is 38.5 Å². The van der Waals surface area contributed by atoms with Crippen LogP contribution in [0.1, 0.15) is 44.9 Å². The lowest BCUT2D eigenvalue weighted by Gasteiger charge is -2.34. The molecule has 0 aromatic rings. The van der Waals surface area contributed by atoms with E-state index in [4.69, 9.17) is 4.74 Å². The number of ether oxygens (including phenoxy) is 1. The van der Waals surface area contributed by atoms with Gasteiger partial charge >= 0.3 is 0 Å². The summed E-state index contributed by atoms with van der Waals surface area (Å²) < 4.78 is 6.32. The molecule has 104 valence electrons. The first-order valence-corrected chi connectivity index (χ1v) is 7.43. The molecule has 4 nitrogen and oxygen atoms in total. The van der Waals surface area contributed by atoms with Crippen molar-refractivity contribution in [3.63, 3.8) is 0 Å². The normalized spacial score (nSPS) is 40.7. The summed E-state index contributed by atoms with van der Waals surface area (Å²) in [5.74, 6) is 0. The van der Waals surface area contributed by atoms with E-state index in [2.05, 4.69) is 4.90 Å². The van der Waals surface area contributed by atoms with Crippen LogP contribution in [0.3, 0.4) is 0 Å². The van der Waals surface area contributed by atoms with E-state index in [0.717, 1.165) is 13.0 Å². The van der Waals surface area contributed by atoms with E-state index in [0.29, 0.717) is 19.2 Å². The minimum atomic E-state index is -0.574. The third kappa shape index (κ3) is 2.57. The molecule has 0 aromatic carbocycles. The van der Waals surface area contributed by atoms with Gasteiger partial charge in [-0.05, 0) is 25.7 Å². The van der Waals surface area contributed by atoms with Crippen LogP contribution >= 0.6 is 0 Å². The van der Waals surface area contributed by atoms with Gasteiger partial charge in [0.05, 0.1) is 23.9 Å². The molecule has 0 aromatic heterocycles. The van der Waals surface area contributed by atoms with Gasteiger partial charge in [-0.25, -0.2) is 0 Å². The number of likely N-dealkylation sites (tertiary alicyclic amines) is 1. The maximum absolute atomic E-state index is 9.55. The van der Waals surface area contributed by atoms with Crippen LogP contribution in [0.4, 0.5) is 0 Å². The zero-order valence-electron chi connectivity index (χ0n) is 11.1. The third-order valence-corrected chi connectivity index (χ3v) is 4.90. The van der Waals surface area contributed by atoms with Crippen molar-refractivity contribution < 1.29 is 14.9 Å². The zero-order chi connectivity index (χ0) is 12.6. The van der Waals surface area contributed by atoms with Crippen LogP contribution in [0.15, 0.2) is 0 Å². The second-order valence-electron chi connectivity index (χ2n) is 6.38. The molecule has 1 spiro atoms. The number of hydrogen-bond donors (Lipinski definition) is 2. The quantitative estimate of drug-likeness (QED) is 0.770. The third-order valence-electron chi connectivity index (χ3n) is 4.90. The van der Waals surface area contributed by atoms with Crippen LogP contribution in [-0.4, -0.2) is 58.7 Å². The summed E-state index contributed by atoms with van der Waals surface area (Å²) in [6.45, 7) is 2.05. The highest BCUT2D eigenvalue weighted by Crippen LogP contribution is 2.42. The molecule has 1 aliphatic carbocycles. The summed E-state index contributed by atoms with van der Waals surface area (Å²) in [5.41, 5.74) is 0.180. The number of aliphatic hydroxyl groups is 2. The minimum absolute atomic E-state index is 0.180. The summed E-state index contributed by atoms with van der Waals surface area (Å²) in [6, 6.07) is 0. The second-order valence-corrected chi connectivity index (χ2v) is 6.38. The monoisotopic (exact) mass is 255 g/mol. The Balaban J connectivity index is 1.50. The highest BCUT2D eigenvalue weighted by molar-refractivity contribution is 4.93. The van der Waals surface area contributed by atoms with Gasteiger partial charge in [-0.1, -0.05) is 19.3 Å². The van der Waals surface area contributed by atoms with E-state index in [9.17, 15) is 10.2 Å². The number of rotatable bonds is 2. The lowest BCUT2D eigenvalue weighted by molar-refractivity contribution is -0.0710. The van der Waals surface area contributed by atoms with Crippen LogP contribution in [0.5, 0.6) is 0 Å². The van der Waals surface area contributed by atoms with E-state index >= 15 is 0 Å². The molecule has 3 unspecified atom stereocenters. The molecule has 0 bridgehead atoms. The molecule has 3 rings (SSSR count). The van der Waals surface area contributed by atoms with Gasteiger partial charge in [0.1, 0.15) is 0 Å². The van der Waals surface area contributed by atoms with Gasteiger partial charge in [0.2, 0.25) is 0 Å². The highest BCUT2D eigenvalue weighted by Gasteiger charge is 2.42. The fraction of sp³-hybridized carbons (Fsp3) is 1.00. The van der Waals surface area contributed by atoms with Gasteiger partial charge < -0.3 is 14.9 Å². The molecule has 3 fully saturated rings. The topological polar surface area (TPSA) is 52.9 Å². The summed E-state index contributed by atoms with van der Waals surface area (Å²) in [5, 5.41) is 19.1. The predicted molar refractivity (Wildman–Crippen MR) is 68.4 cm³/mol. The van der Waals surface area contributed by atoms with E-state index in [-0.39, 0.29) is 5.60 Å².